The second-order valence-corrected chi connectivity index (χ2v) is 6.59. The summed E-state index contributed by atoms with van der Waals surface area (Å²) in [6.07, 6.45) is -4.66. The lowest BCUT2D eigenvalue weighted by atomic mass is 10.1. The minimum absolute atomic E-state index is 0.0921. The molecule has 0 aliphatic carbocycles. The Hall–Kier alpha value is -3.15. The van der Waals surface area contributed by atoms with Gasteiger partial charge in [-0.1, -0.05) is 5.16 Å². The van der Waals surface area contributed by atoms with Gasteiger partial charge in [-0.2, -0.15) is 13.2 Å². The van der Waals surface area contributed by atoms with Crippen molar-refractivity contribution in [1.29, 1.82) is 0 Å². The van der Waals surface area contributed by atoms with E-state index in [9.17, 15) is 28.1 Å². The topological polar surface area (TPSA) is 105 Å². The quantitative estimate of drug-likeness (QED) is 0.594. The molecule has 29 heavy (non-hydrogen) atoms. The third-order valence-corrected chi connectivity index (χ3v) is 4.48. The van der Waals surface area contributed by atoms with Crippen molar-refractivity contribution in [3.63, 3.8) is 0 Å². The van der Waals surface area contributed by atoms with Gasteiger partial charge in [-0.15, -0.1) is 0 Å². The SMILES string of the molecule is Cc1cc(NC(=O)CN2CCN(c3ccc(C(F)(F)F)cc3[N+](=O)[O-])CC2)no1. The van der Waals surface area contributed by atoms with Crippen molar-refractivity contribution in [2.45, 2.75) is 13.1 Å². The molecule has 0 atom stereocenters. The van der Waals surface area contributed by atoms with Crippen molar-refractivity contribution < 1.29 is 27.4 Å². The molecule has 2 heterocycles. The number of benzene rings is 1. The highest BCUT2D eigenvalue weighted by molar-refractivity contribution is 5.91. The van der Waals surface area contributed by atoms with E-state index in [2.05, 4.69) is 10.5 Å². The van der Waals surface area contributed by atoms with Gasteiger partial charge in [0.1, 0.15) is 11.4 Å². The third kappa shape index (κ3) is 5.02. The maximum Gasteiger partial charge on any atom is 0.416 e. The average Bonchev–Trinajstić information content (AvgIpc) is 3.05. The van der Waals surface area contributed by atoms with Crippen molar-refractivity contribution in [1.82, 2.24) is 10.1 Å². The Kier molecular flexibility index (Phi) is 5.73. The van der Waals surface area contributed by atoms with E-state index in [1.807, 2.05) is 4.90 Å². The first-order chi connectivity index (χ1) is 13.6. The van der Waals surface area contributed by atoms with Crippen LogP contribution in [0.1, 0.15) is 11.3 Å². The minimum atomic E-state index is -4.66. The zero-order valence-electron chi connectivity index (χ0n) is 15.4. The zero-order chi connectivity index (χ0) is 21.2. The molecule has 1 aliphatic rings. The number of rotatable bonds is 5. The molecule has 156 valence electrons. The molecule has 0 saturated carbocycles. The van der Waals surface area contributed by atoms with Crippen LogP contribution in [0.15, 0.2) is 28.8 Å². The molecule has 0 bridgehead atoms. The van der Waals surface area contributed by atoms with E-state index >= 15 is 0 Å². The molecule has 3 rings (SSSR count). The molecular weight excluding hydrogens is 395 g/mol. The van der Waals surface area contributed by atoms with Gasteiger partial charge >= 0.3 is 6.18 Å². The van der Waals surface area contributed by atoms with E-state index in [0.717, 1.165) is 12.1 Å². The molecule has 0 radical (unpaired) electrons. The number of anilines is 2. The first kappa shape index (κ1) is 20.6. The van der Waals surface area contributed by atoms with Crippen LogP contribution >= 0.6 is 0 Å². The third-order valence-electron chi connectivity index (χ3n) is 4.48. The number of carbonyl (C=O) groups excluding carboxylic acids is 1. The fourth-order valence-electron chi connectivity index (χ4n) is 3.07. The summed E-state index contributed by atoms with van der Waals surface area (Å²) in [5.41, 5.74) is -1.52. The minimum Gasteiger partial charge on any atom is -0.363 e. The molecule has 0 unspecified atom stereocenters. The highest BCUT2D eigenvalue weighted by Crippen LogP contribution is 2.36. The molecule has 1 fully saturated rings. The first-order valence-corrected chi connectivity index (χ1v) is 8.69. The van der Waals surface area contributed by atoms with Crippen molar-refractivity contribution in [2.24, 2.45) is 0 Å². The van der Waals surface area contributed by atoms with Gasteiger partial charge < -0.3 is 14.7 Å². The van der Waals surface area contributed by atoms with Gasteiger partial charge in [0.15, 0.2) is 5.82 Å². The summed E-state index contributed by atoms with van der Waals surface area (Å²) in [4.78, 5) is 26.0. The van der Waals surface area contributed by atoms with Crippen LogP contribution in [-0.2, 0) is 11.0 Å². The Labute approximate surface area is 163 Å². The maximum atomic E-state index is 12.8. The predicted molar refractivity (Wildman–Crippen MR) is 96.6 cm³/mol. The van der Waals surface area contributed by atoms with Crippen LogP contribution < -0.4 is 10.2 Å². The van der Waals surface area contributed by atoms with Crippen LogP contribution in [-0.4, -0.2) is 53.6 Å². The normalized spacial score (nSPS) is 15.4. The summed E-state index contributed by atoms with van der Waals surface area (Å²) in [7, 11) is 0. The summed E-state index contributed by atoms with van der Waals surface area (Å²) >= 11 is 0. The number of nitro benzene ring substituents is 1. The second-order valence-electron chi connectivity index (χ2n) is 6.59. The maximum absolute atomic E-state index is 12.8. The van der Waals surface area contributed by atoms with Crippen LogP contribution in [0.3, 0.4) is 0 Å². The van der Waals surface area contributed by atoms with Gasteiger partial charge in [0.05, 0.1) is 17.0 Å². The van der Waals surface area contributed by atoms with E-state index in [0.29, 0.717) is 43.8 Å². The molecule has 12 heteroatoms. The number of halogens is 3. The molecule has 1 aromatic carbocycles. The Morgan fingerprint density at radius 1 is 1.28 bits per heavy atom. The van der Waals surface area contributed by atoms with Gasteiger partial charge in [-0.05, 0) is 19.1 Å². The van der Waals surface area contributed by atoms with Crippen LogP contribution in [0.4, 0.5) is 30.4 Å². The van der Waals surface area contributed by atoms with Gasteiger partial charge in [0.2, 0.25) is 5.91 Å². The van der Waals surface area contributed by atoms with Crippen LogP contribution in [0, 0.1) is 17.0 Å². The number of nitrogens with one attached hydrogen (secondary N) is 1. The summed E-state index contributed by atoms with van der Waals surface area (Å²) in [6, 6.07) is 4.09. The molecule has 1 amide bonds. The number of aromatic nitrogens is 1. The second kappa shape index (κ2) is 8.07. The number of hydrogen-bond acceptors (Lipinski definition) is 7. The molecule has 1 saturated heterocycles. The monoisotopic (exact) mass is 413 g/mol. The zero-order valence-corrected chi connectivity index (χ0v) is 15.4. The van der Waals surface area contributed by atoms with E-state index < -0.39 is 22.4 Å². The summed E-state index contributed by atoms with van der Waals surface area (Å²) in [6.45, 7) is 3.30. The largest absolute Gasteiger partial charge is 0.416 e. The number of amides is 1. The Balaban J connectivity index is 1.61. The highest BCUT2D eigenvalue weighted by atomic mass is 19.4. The number of nitro groups is 1. The van der Waals surface area contributed by atoms with E-state index in [1.165, 1.54) is 0 Å². The lowest BCUT2D eigenvalue weighted by Gasteiger charge is -2.35. The standard InChI is InChI=1S/C17H18F3N5O4/c1-11-8-15(22-29-11)21-16(26)10-23-4-6-24(7-5-23)13-3-2-12(17(18,19)20)9-14(13)25(27)28/h2-3,8-9H,4-7,10H2,1H3,(H,21,22,26). The van der Waals surface area contributed by atoms with E-state index in [1.54, 1.807) is 17.9 Å². The number of hydrogen-bond donors (Lipinski definition) is 1. The van der Waals surface area contributed by atoms with E-state index in [-0.39, 0.29) is 18.1 Å². The molecule has 1 aromatic heterocycles. The number of alkyl halides is 3. The number of carbonyl (C=O) groups is 1. The molecule has 0 spiro atoms. The molecule has 1 aliphatic heterocycles. The van der Waals surface area contributed by atoms with Crippen LogP contribution in [0.2, 0.25) is 0 Å². The van der Waals surface area contributed by atoms with Crippen molar-refractivity contribution >= 4 is 23.1 Å². The van der Waals surface area contributed by atoms with Gasteiger partial charge in [0, 0.05) is 38.3 Å². The van der Waals surface area contributed by atoms with E-state index in [4.69, 9.17) is 4.52 Å². The van der Waals surface area contributed by atoms with Gasteiger partial charge in [-0.25, -0.2) is 0 Å². The molecule has 1 N–H and O–H groups in total. The first-order valence-electron chi connectivity index (χ1n) is 8.69. The average molecular weight is 413 g/mol. The van der Waals surface area contributed by atoms with Crippen molar-refractivity contribution in [2.75, 3.05) is 42.9 Å². The van der Waals surface area contributed by atoms with Crippen molar-refractivity contribution in [3.8, 4) is 0 Å². The molecule has 9 nitrogen and oxygen atoms in total. The summed E-state index contributed by atoms with van der Waals surface area (Å²) < 4.78 is 43.4. The number of piperazine rings is 1. The number of nitrogens with zero attached hydrogens (tertiary/aromatic N) is 4. The lowest BCUT2D eigenvalue weighted by Crippen LogP contribution is -2.48. The molecule has 2 aromatic rings. The lowest BCUT2D eigenvalue weighted by molar-refractivity contribution is -0.384. The van der Waals surface area contributed by atoms with Gasteiger partial charge in [-0.3, -0.25) is 19.8 Å². The Bertz CT molecular complexity index is 907. The smallest absolute Gasteiger partial charge is 0.363 e. The molecular formula is C17H18F3N5O4. The van der Waals surface area contributed by atoms with Crippen molar-refractivity contribution in [3.05, 3.63) is 45.7 Å². The van der Waals surface area contributed by atoms with Gasteiger partial charge in [0.25, 0.3) is 5.69 Å². The van der Waals surface area contributed by atoms with Crippen LogP contribution in [0.5, 0.6) is 0 Å². The summed E-state index contributed by atoms with van der Waals surface area (Å²) in [5, 5.41) is 17.5. The summed E-state index contributed by atoms with van der Waals surface area (Å²) in [5.74, 6) is 0.589. The Morgan fingerprint density at radius 2 is 1.97 bits per heavy atom. The Morgan fingerprint density at radius 3 is 2.52 bits per heavy atom. The predicted octanol–water partition coefficient (Wildman–Crippen LogP) is 2.67. The van der Waals surface area contributed by atoms with Crippen LogP contribution in [0.25, 0.3) is 0 Å². The number of aryl methyl sites for hydroxylation is 1. The highest BCUT2D eigenvalue weighted by Gasteiger charge is 2.34. The fraction of sp³-hybridized carbons (Fsp3) is 0.412. The fourth-order valence-corrected chi connectivity index (χ4v) is 3.07.